The molecule has 0 heterocycles. The zero-order valence-electron chi connectivity index (χ0n) is 8.34. The van der Waals surface area contributed by atoms with Crippen LogP contribution in [0.2, 0.25) is 0 Å². The minimum atomic E-state index is -1.07. The maximum atomic E-state index is 10.6. The fourth-order valence-corrected chi connectivity index (χ4v) is 1.72. The highest BCUT2D eigenvalue weighted by Crippen LogP contribution is 2.45. The monoisotopic (exact) mass is 222 g/mol. The van der Waals surface area contributed by atoms with Crippen LogP contribution < -0.4 is 5.32 Å². The van der Waals surface area contributed by atoms with Gasteiger partial charge in [-0.25, -0.2) is 4.79 Å². The Morgan fingerprint density at radius 3 is 2.31 bits per heavy atom. The number of nitro benzene ring substituents is 1. The summed E-state index contributed by atoms with van der Waals surface area (Å²) in [6.07, 6.45) is 0.393. The van der Waals surface area contributed by atoms with Gasteiger partial charge in [0.2, 0.25) is 0 Å². The van der Waals surface area contributed by atoms with E-state index >= 15 is 0 Å². The highest BCUT2D eigenvalue weighted by molar-refractivity contribution is 5.67. The molecule has 0 spiro atoms. The van der Waals surface area contributed by atoms with E-state index in [1.165, 1.54) is 12.1 Å². The normalized spacial score (nSPS) is 16.5. The van der Waals surface area contributed by atoms with E-state index in [1.807, 2.05) is 0 Å². The van der Waals surface area contributed by atoms with E-state index in [-0.39, 0.29) is 5.69 Å². The number of nitrogens with zero attached hydrogens (tertiary/aromatic N) is 1. The zero-order valence-corrected chi connectivity index (χ0v) is 8.34. The Labute approximate surface area is 91.0 Å². The molecule has 1 fully saturated rings. The first-order valence-corrected chi connectivity index (χ1v) is 4.79. The fourth-order valence-electron chi connectivity index (χ4n) is 1.72. The smallest absolute Gasteiger partial charge is 0.405 e. The van der Waals surface area contributed by atoms with E-state index in [4.69, 9.17) is 5.11 Å². The molecule has 2 N–H and O–H groups in total. The molecule has 0 aromatic heterocycles. The van der Waals surface area contributed by atoms with E-state index in [9.17, 15) is 14.9 Å². The second-order valence-corrected chi connectivity index (χ2v) is 3.82. The maximum absolute atomic E-state index is 10.6. The van der Waals surface area contributed by atoms with Crippen molar-refractivity contribution < 1.29 is 14.8 Å². The summed E-state index contributed by atoms with van der Waals surface area (Å²) in [5, 5.41) is 21.6. The van der Waals surface area contributed by atoms with Crippen molar-refractivity contribution in [3.8, 4) is 0 Å². The van der Waals surface area contributed by atoms with Crippen LogP contribution in [-0.4, -0.2) is 16.1 Å². The average molecular weight is 222 g/mol. The summed E-state index contributed by atoms with van der Waals surface area (Å²) in [5.74, 6) is 0. The highest BCUT2D eigenvalue weighted by Gasteiger charge is 2.45. The van der Waals surface area contributed by atoms with Crippen molar-refractivity contribution in [3.05, 3.63) is 39.9 Å². The number of non-ortho nitro benzene ring substituents is 1. The lowest BCUT2D eigenvalue weighted by Crippen LogP contribution is -2.33. The minimum Gasteiger partial charge on any atom is -0.465 e. The number of rotatable bonds is 3. The van der Waals surface area contributed by atoms with E-state index < -0.39 is 16.6 Å². The van der Waals surface area contributed by atoms with Gasteiger partial charge >= 0.3 is 6.09 Å². The van der Waals surface area contributed by atoms with Crippen molar-refractivity contribution >= 4 is 11.8 Å². The van der Waals surface area contributed by atoms with Gasteiger partial charge in [0.1, 0.15) is 0 Å². The first kappa shape index (κ1) is 10.4. The van der Waals surface area contributed by atoms with Crippen LogP contribution in [-0.2, 0) is 5.54 Å². The SMILES string of the molecule is O=C(O)NC1(c2ccc([N+](=O)[O-])cc2)CC1. The largest absolute Gasteiger partial charge is 0.465 e. The van der Waals surface area contributed by atoms with Gasteiger partial charge in [0.25, 0.3) is 5.69 Å². The summed E-state index contributed by atoms with van der Waals surface area (Å²) in [6.45, 7) is 0. The molecule has 16 heavy (non-hydrogen) atoms. The van der Waals surface area contributed by atoms with E-state index in [2.05, 4.69) is 5.32 Å². The van der Waals surface area contributed by atoms with Crippen LogP contribution in [0.3, 0.4) is 0 Å². The lowest BCUT2D eigenvalue weighted by atomic mass is 10.0. The Bertz CT molecular complexity index is 437. The molecule has 1 saturated carbocycles. The van der Waals surface area contributed by atoms with Gasteiger partial charge in [0.15, 0.2) is 0 Å². The summed E-state index contributed by atoms with van der Waals surface area (Å²) < 4.78 is 0. The zero-order chi connectivity index (χ0) is 11.8. The average Bonchev–Trinajstić information content (AvgIpc) is 2.98. The molecule has 1 aromatic carbocycles. The molecular formula is C10H10N2O4. The summed E-state index contributed by atoms with van der Waals surface area (Å²) in [6, 6.07) is 5.97. The first-order chi connectivity index (χ1) is 7.53. The number of amides is 1. The Balaban J connectivity index is 2.22. The third kappa shape index (κ3) is 1.81. The van der Waals surface area contributed by atoms with Crippen molar-refractivity contribution in [2.75, 3.05) is 0 Å². The van der Waals surface area contributed by atoms with Gasteiger partial charge in [-0.2, -0.15) is 0 Å². The van der Waals surface area contributed by atoms with Gasteiger partial charge in [-0.1, -0.05) is 0 Å². The number of benzene rings is 1. The Morgan fingerprint density at radius 1 is 1.38 bits per heavy atom. The van der Waals surface area contributed by atoms with Crippen LogP contribution in [0.5, 0.6) is 0 Å². The topological polar surface area (TPSA) is 92.5 Å². The van der Waals surface area contributed by atoms with Crippen LogP contribution in [0.4, 0.5) is 10.5 Å². The summed E-state index contributed by atoms with van der Waals surface area (Å²) >= 11 is 0. The van der Waals surface area contributed by atoms with E-state index in [0.717, 1.165) is 18.4 Å². The van der Waals surface area contributed by atoms with Crippen molar-refractivity contribution in [2.45, 2.75) is 18.4 Å². The molecule has 84 valence electrons. The summed E-state index contributed by atoms with van der Waals surface area (Å²) in [7, 11) is 0. The van der Waals surface area contributed by atoms with Crippen LogP contribution in [0.25, 0.3) is 0 Å². The van der Waals surface area contributed by atoms with Gasteiger partial charge in [-0.05, 0) is 30.5 Å². The van der Waals surface area contributed by atoms with E-state index in [1.54, 1.807) is 12.1 Å². The Kier molecular flexibility index (Phi) is 2.26. The quantitative estimate of drug-likeness (QED) is 0.602. The molecular weight excluding hydrogens is 212 g/mol. The Hall–Kier alpha value is -2.11. The second kappa shape index (κ2) is 3.48. The third-order valence-corrected chi connectivity index (χ3v) is 2.73. The maximum Gasteiger partial charge on any atom is 0.405 e. The summed E-state index contributed by atoms with van der Waals surface area (Å²) in [4.78, 5) is 20.6. The second-order valence-electron chi connectivity index (χ2n) is 3.82. The molecule has 0 bridgehead atoms. The molecule has 0 atom stereocenters. The fraction of sp³-hybridized carbons (Fsp3) is 0.300. The predicted octanol–water partition coefficient (Wildman–Crippen LogP) is 1.85. The van der Waals surface area contributed by atoms with Gasteiger partial charge < -0.3 is 10.4 Å². The Morgan fingerprint density at radius 2 is 1.94 bits per heavy atom. The van der Waals surface area contributed by atoms with Crippen molar-refractivity contribution in [2.24, 2.45) is 0 Å². The standard InChI is InChI=1S/C10H10N2O4/c13-9(14)11-10(5-6-10)7-1-3-8(4-2-7)12(15)16/h1-4,11H,5-6H2,(H,13,14). The van der Waals surface area contributed by atoms with Crippen LogP contribution in [0.1, 0.15) is 18.4 Å². The molecule has 1 aromatic rings. The summed E-state index contributed by atoms with van der Waals surface area (Å²) in [5.41, 5.74) is 0.261. The highest BCUT2D eigenvalue weighted by atomic mass is 16.6. The number of nitro groups is 1. The number of hydrogen-bond acceptors (Lipinski definition) is 3. The lowest BCUT2D eigenvalue weighted by molar-refractivity contribution is -0.384. The number of carboxylic acid groups (broad SMARTS) is 1. The van der Waals surface area contributed by atoms with Crippen molar-refractivity contribution in [1.29, 1.82) is 0 Å². The molecule has 6 heteroatoms. The van der Waals surface area contributed by atoms with Crippen LogP contribution in [0, 0.1) is 10.1 Å². The lowest BCUT2D eigenvalue weighted by Gasteiger charge is -2.14. The van der Waals surface area contributed by atoms with Crippen LogP contribution >= 0.6 is 0 Å². The van der Waals surface area contributed by atoms with Gasteiger partial charge in [-0.3, -0.25) is 10.1 Å². The molecule has 1 aliphatic rings. The molecule has 0 aliphatic heterocycles. The van der Waals surface area contributed by atoms with Crippen molar-refractivity contribution in [1.82, 2.24) is 5.32 Å². The molecule has 2 rings (SSSR count). The van der Waals surface area contributed by atoms with Gasteiger partial charge in [0, 0.05) is 12.1 Å². The van der Waals surface area contributed by atoms with Gasteiger partial charge in [0.05, 0.1) is 10.5 Å². The molecule has 1 amide bonds. The number of nitrogens with one attached hydrogen (secondary N) is 1. The number of hydrogen-bond donors (Lipinski definition) is 2. The number of carbonyl (C=O) groups is 1. The first-order valence-electron chi connectivity index (χ1n) is 4.79. The van der Waals surface area contributed by atoms with Crippen molar-refractivity contribution in [3.63, 3.8) is 0 Å². The van der Waals surface area contributed by atoms with Crippen LogP contribution in [0.15, 0.2) is 24.3 Å². The predicted molar refractivity (Wildman–Crippen MR) is 55.2 cm³/mol. The molecule has 1 aliphatic carbocycles. The molecule has 0 radical (unpaired) electrons. The molecule has 0 unspecified atom stereocenters. The van der Waals surface area contributed by atoms with E-state index in [0.29, 0.717) is 0 Å². The molecule has 6 nitrogen and oxygen atoms in total. The molecule has 0 saturated heterocycles. The van der Waals surface area contributed by atoms with Gasteiger partial charge in [-0.15, -0.1) is 0 Å². The third-order valence-electron chi connectivity index (χ3n) is 2.73. The minimum absolute atomic E-state index is 0.00914.